The maximum atomic E-state index is 12.3. The largest absolute Gasteiger partial charge is 0.289 e. The van der Waals surface area contributed by atoms with Crippen molar-refractivity contribution in [2.24, 2.45) is 5.92 Å². The molecule has 0 amide bonds. The third-order valence-electron chi connectivity index (χ3n) is 3.43. The van der Waals surface area contributed by atoms with Gasteiger partial charge < -0.3 is 0 Å². The number of rotatable bonds is 2. The van der Waals surface area contributed by atoms with Crippen molar-refractivity contribution in [1.82, 2.24) is 0 Å². The number of carbonyl (C=O) groups excluding carboxylic acids is 1. The van der Waals surface area contributed by atoms with Gasteiger partial charge in [0.1, 0.15) is 0 Å². The van der Waals surface area contributed by atoms with Gasteiger partial charge in [0.15, 0.2) is 5.78 Å². The summed E-state index contributed by atoms with van der Waals surface area (Å²) in [5.74, 6) is 0.785. The average Bonchev–Trinajstić information content (AvgIpc) is 2.63. The Morgan fingerprint density at radius 3 is 2.28 bits per heavy atom. The molecule has 0 fully saturated rings. The SMILES string of the molecule is CC(C)Cc1ccc2c(c1)C(=O)c1ccccc1-2. The summed E-state index contributed by atoms with van der Waals surface area (Å²) in [6.45, 7) is 4.40. The van der Waals surface area contributed by atoms with Gasteiger partial charge in [-0.25, -0.2) is 0 Å². The average molecular weight is 236 g/mol. The van der Waals surface area contributed by atoms with Gasteiger partial charge in [-0.3, -0.25) is 4.79 Å². The van der Waals surface area contributed by atoms with Crippen molar-refractivity contribution in [2.75, 3.05) is 0 Å². The van der Waals surface area contributed by atoms with E-state index in [1.54, 1.807) is 0 Å². The van der Waals surface area contributed by atoms with Crippen molar-refractivity contribution in [3.63, 3.8) is 0 Å². The van der Waals surface area contributed by atoms with Gasteiger partial charge in [0.25, 0.3) is 0 Å². The molecule has 0 aliphatic heterocycles. The molecule has 0 N–H and O–H groups in total. The zero-order valence-corrected chi connectivity index (χ0v) is 10.7. The molecule has 0 spiro atoms. The van der Waals surface area contributed by atoms with Crippen molar-refractivity contribution in [3.8, 4) is 11.1 Å². The van der Waals surface area contributed by atoms with Gasteiger partial charge in [-0.2, -0.15) is 0 Å². The molecule has 1 aliphatic carbocycles. The van der Waals surface area contributed by atoms with E-state index in [9.17, 15) is 4.79 Å². The van der Waals surface area contributed by atoms with Crippen LogP contribution in [0.4, 0.5) is 0 Å². The van der Waals surface area contributed by atoms with Crippen LogP contribution in [0.1, 0.15) is 35.3 Å². The highest BCUT2D eigenvalue weighted by Crippen LogP contribution is 2.36. The first-order valence-electron chi connectivity index (χ1n) is 6.44. The lowest BCUT2D eigenvalue weighted by atomic mass is 9.98. The minimum Gasteiger partial charge on any atom is -0.289 e. The molecule has 2 aromatic carbocycles. The third kappa shape index (κ3) is 1.67. The van der Waals surface area contributed by atoms with E-state index >= 15 is 0 Å². The number of benzene rings is 2. The van der Waals surface area contributed by atoms with Crippen LogP contribution in [0.5, 0.6) is 0 Å². The summed E-state index contributed by atoms with van der Waals surface area (Å²) >= 11 is 0. The van der Waals surface area contributed by atoms with Crippen LogP contribution < -0.4 is 0 Å². The quantitative estimate of drug-likeness (QED) is 0.654. The van der Waals surface area contributed by atoms with E-state index in [1.807, 2.05) is 24.3 Å². The van der Waals surface area contributed by atoms with E-state index in [1.165, 1.54) is 5.56 Å². The van der Waals surface area contributed by atoms with Crippen LogP contribution in [-0.4, -0.2) is 5.78 Å². The van der Waals surface area contributed by atoms with E-state index in [-0.39, 0.29) is 5.78 Å². The molecular formula is C17H16O. The van der Waals surface area contributed by atoms with Crippen molar-refractivity contribution in [1.29, 1.82) is 0 Å². The molecule has 0 aromatic heterocycles. The number of hydrogen-bond acceptors (Lipinski definition) is 1. The Balaban J connectivity index is 2.11. The van der Waals surface area contributed by atoms with Gasteiger partial charge in [0, 0.05) is 11.1 Å². The first-order chi connectivity index (χ1) is 8.66. The van der Waals surface area contributed by atoms with E-state index in [2.05, 4.69) is 32.0 Å². The van der Waals surface area contributed by atoms with Crippen LogP contribution >= 0.6 is 0 Å². The van der Waals surface area contributed by atoms with Gasteiger partial charge in [-0.15, -0.1) is 0 Å². The molecule has 3 rings (SSSR count). The molecule has 0 saturated heterocycles. The molecule has 0 saturated carbocycles. The van der Waals surface area contributed by atoms with Crippen molar-refractivity contribution >= 4 is 5.78 Å². The van der Waals surface area contributed by atoms with E-state index in [4.69, 9.17) is 0 Å². The fraction of sp³-hybridized carbons (Fsp3) is 0.235. The lowest BCUT2D eigenvalue weighted by Gasteiger charge is -2.07. The third-order valence-corrected chi connectivity index (χ3v) is 3.43. The van der Waals surface area contributed by atoms with Crippen molar-refractivity contribution in [3.05, 3.63) is 59.2 Å². The van der Waals surface area contributed by atoms with Gasteiger partial charge in [0.2, 0.25) is 0 Å². The van der Waals surface area contributed by atoms with Crippen LogP contribution in [0.15, 0.2) is 42.5 Å². The molecule has 18 heavy (non-hydrogen) atoms. The molecule has 1 heteroatoms. The van der Waals surface area contributed by atoms with Gasteiger partial charge in [-0.05, 0) is 35.1 Å². The predicted molar refractivity (Wildman–Crippen MR) is 73.9 cm³/mol. The zero-order valence-electron chi connectivity index (χ0n) is 10.7. The van der Waals surface area contributed by atoms with Crippen LogP contribution in [-0.2, 0) is 6.42 Å². The Bertz CT molecular complexity index is 623. The highest BCUT2D eigenvalue weighted by molar-refractivity contribution is 6.21. The van der Waals surface area contributed by atoms with Crippen LogP contribution in [0.3, 0.4) is 0 Å². The summed E-state index contributed by atoms with van der Waals surface area (Å²) in [5.41, 5.74) is 5.13. The molecule has 0 unspecified atom stereocenters. The molecule has 0 bridgehead atoms. The second-order valence-electron chi connectivity index (χ2n) is 5.35. The molecule has 2 aromatic rings. The van der Waals surface area contributed by atoms with Gasteiger partial charge in [-0.1, -0.05) is 50.2 Å². The van der Waals surface area contributed by atoms with Gasteiger partial charge >= 0.3 is 0 Å². The lowest BCUT2D eigenvalue weighted by Crippen LogP contribution is -1.98. The normalized spacial score (nSPS) is 12.7. The second kappa shape index (κ2) is 4.09. The maximum absolute atomic E-state index is 12.3. The monoisotopic (exact) mass is 236 g/mol. The Morgan fingerprint density at radius 2 is 1.56 bits per heavy atom. The predicted octanol–water partition coefficient (Wildman–Crippen LogP) is 4.10. The lowest BCUT2D eigenvalue weighted by molar-refractivity contribution is 0.104. The van der Waals surface area contributed by atoms with E-state index in [0.29, 0.717) is 5.92 Å². The number of carbonyl (C=O) groups is 1. The van der Waals surface area contributed by atoms with E-state index < -0.39 is 0 Å². The smallest absolute Gasteiger partial charge is 0.194 e. The van der Waals surface area contributed by atoms with Crippen LogP contribution in [0, 0.1) is 5.92 Å². The summed E-state index contributed by atoms with van der Waals surface area (Å²) < 4.78 is 0. The highest BCUT2D eigenvalue weighted by Gasteiger charge is 2.26. The fourth-order valence-corrected chi connectivity index (χ4v) is 2.67. The second-order valence-corrected chi connectivity index (χ2v) is 5.35. The van der Waals surface area contributed by atoms with Crippen molar-refractivity contribution < 1.29 is 4.79 Å². The number of hydrogen-bond donors (Lipinski definition) is 0. The van der Waals surface area contributed by atoms with Gasteiger partial charge in [0.05, 0.1) is 0 Å². The first kappa shape index (κ1) is 11.2. The molecule has 90 valence electrons. The topological polar surface area (TPSA) is 17.1 Å². The molecule has 0 radical (unpaired) electrons. The Kier molecular flexibility index (Phi) is 2.55. The fourth-order valence-electron chi connectivity index (χ4n) is 2.67. The summed E-state index contributed by atoms with van der Waals surface area (Å²) in [5, 5.41) is 0. The molecule has 1 aliphatic rings. The summed E-state index contributed by atoms with van der Waals surface area (Å²) in [7, 11) is 0. The maximum Gasteiger partial charge on any atom is 0.194 e. The zero-order chi connectivity index (χ0) is 12.7. The van der Waals surface area contributed by atoms with Crippen molar-refractivity contribution in [2.45, 2.75) is 20.3 Å². The summed E-state index contributed by atoms with van der Waals surface area (Å²) in [6, 6.07) is 14.2. The Labute approximate surface area is 107 Å². The molecular weight excluding hydrogens is 220 g/mol. The van der Waals surface area contributed by atoms with Crippen LogP contribution in [0.25, 0.3) is 11.1 Å². The molecule has 1 nitrogen and oxygen atoms in total. The Morgan fingerprint density at radius 1 is 0.889 bits per heavy atom. The summed E-state index contributed by atoms with van der Waals surface area (Å²) in [4.78, 5) is 12.3. The highest BCUT2D eigenvalue weighted by atomic mass is 16.1. The summed E-state index contributed by atoms with van der Waals surface area (Å²) in [6.07, 6.45) is 1.02. The van der Waals surface area contributed by atoms with Crippen LogP contribution in [0.2, 0.25) is 0 Å². The molecule has 0 heterocycles. The first-order valence-corrected chi connectivity index (χ1v) is 6.44. The minimum absolute atomic E-state index is 0.172. The standard InChI is InChI=1S/C17H16O/c1-11(2)9-12-7-8-14-13-5-3-4-6-15(13)17(18)16(14)10-12/h3-8,10-11H,9H2,1-2H3. The minimum atomic E-state index is 0.172. The number of ketones is 1. The molecule has 0 atom stereocenters. The Hall–Kier alpha value is -1.89. The number of fused-ring (bicyclic) bond motifs is 3. The van der Waals surface area contributed by atoms with E-state index in [0.717, 1.165) is 28.7 Å².